The molecule has 7 nitrogen and oxygen atoms in total. The van der Waals surface area contributed by atoms with Crippen LogP contribution >= 0.6 is 0 Å². The Morgan fingerprint density at radius 2 is 1.68 bits per heavy atom. The van der Waals surface area contributed by atoms with E-state index in [4.69, 9.17) is 10.5 Å². The summed E-state index contributed by atoms with van der Waals surface area (Å²) in [5.41, 5.74) is 8.42. The molecule has 1 saturated carbocycles. The van der Waals surface area contributed by atoms with Crippen LogP contribution in [0.25, 0.3) is 0 Å². The first-order chi connectivity index (χ1) is 14.9. The summed E-state index contributed by atoms with van der Waals surface area (Å²) in [6, 6.07) is 19.6. The molecule has 1 aliphatic carbocycles. The van der Waals surface area contributed by atoms with Gasteiger partial charge >= 0.3 is 6.03 Å². The summed E-state index contributed by atoms with van der Waals surface area (Å²) in [7, 11) is 0. The number of hydrogen-bond acceptors (Lipinski definition) is 4. The van der Waals surface area contributed by atoms with Gasteiger partial charge in [-0.05, 0) is 54.3 Å². The molecule has 4 rings (SSSR count). The predicted molar refractivity (Wildman–Crippen MR) is 123 cm³/mol. The van der Waals surface area contributed by atoms with Gasteiger partial charge in [0, 0.05) is 23.4 Å². The number of amidine groups is 1. The molecule has 2 amide bonds. The zero-order chi connectivity index (χ0) is 21.8. The molecule has 1 atom stereocenters. The molecule has 0 spiro atoms. The molecule has 1 unspecified atom stereocenters. The highest BCUT2D eigenvalue weighted by atomic mass is 16.5. The van der Waals surface area contributed by atoms with Gasteiger partial charge in [0.1, 0.15) is 11.6 Å². The monoisotopic (exact) mass is 415 g/mol. The quantitative estimate of drug-likeness (QED) is 0.363. The van der Waals surface area contributed by atoms with Crippen LogP contribution in [-0.2, 0) is 0 Å². The van der Waals surface area contributed by atoms with Crippen molar-refractivity contribution in [2.24, 2.45) is 22.1 Å². The second-order valence-corrected chi connectivity index (χ2v) is 8.21. The maximum atomic E-state index is 12.1. The number of aromatic nitrogens is 1. The summed E-state index contributed by atoms with van der Waals surface area (Å²) in [6.45, 7) is 4.37. The third-order valence-electron chi connectivity index (χ3n) is 5.22. The van der Waals surface area contributed by atoms with Crippen molar-refractivity contribution in [2.45, 2.75) is 20.3 Å². The van der Waals surface area contributed by atoms with Crippen molar-refractivity contribution in [3.63, 3.8) is 0 Å². The number of para-hydroxylation sites is 1. The van der Waals surface area contributed by atoms with Gasteiger partial charge in [-0.2, -0.15) is 0 Å². The first-order valence-electron chi connectivity index (χ1n) is 10.1. The molecule has 3 aromatic rings. The van der Waals surface area contributed by atoms with Gasteiger partial charge in [0.05, 0.1) is 11.9 Å². The van der Waals surface area contributed by atoms with Crippen molar-refractivity contribution in [3.05, 3.63) is 72.9 Å². The highest BCUT2D eigenvalue weighted by Gasteiger charge is 2.48. The van der Waals surface area contributed by atoms with Crippen molar-refractivity contribution in [1.82, 2.24) is 4.98 Å². The van der Waals surface area contributed by atoms with E-state index in [0.717, 1.165) is 12.1 Å². The van der Waals surface area contributed by atoms with Crippen molar-refractivity contribution in [3.8, 4) is 11.6 Å². The third kappa shape index (κ3) is 5.39. The number of rotatable bonds is 6. The predicted octanol–water partition coefficient (Wildman–Crippen LogP) is 5.55. The molecule has 0 saturated heterocycles. The zero-order valence-corrected chi connectivity index (χ0v) is 17.5. The Hall–Kier alpha value is -3.87. The molecule has 0 bridgehead atoms. The summed E-state index contributed by atoms with van der Waals surface area (Å²) >= 11 is 0. The Labute approximate surface area is 181 Å². The Kier molecular flexibility index (Phi) is 5.58. The van der Waals surface area contributed by atoms with Crippen molar-refractivity contribution in [1.29, 1.82) is 0 Å². The van der Waals surface area contributed by atoms with Gasteiger partial charge in [0.15, 0.2) is 0 Å². The summed E-state index contributed by atoms with van der Waals surface area (Å²) in [5.74, 6) is 2.05. The molecule has 7 heteroatoms. The van der Waals surface area contributed by atoms with E-state index in [0.29, 0.717) is 34.8 Å². The first-order valence-corrected chi connectivity index (χ1v) is 10.1. The highest BCUT2D eigenvalue weighted by Crippen LogP contribution is 2.51. The van der Waals surface area contributed by atoms with Gasteiger partial charge in [-0.3, -0.25) is 0 Å². The Balaban J connectivity index is 1.31. The van der Waals surface area contributed by atoms with Crippen LogP contribution < -0.4 is 21.1 Å². The van der Waals surface area contributed by atoms with Crippen molar-refractivity contribution >= 4 is 28.9 Å². The largest absolute Gasteiger partial charge is 0.439 e. The van der Waals surface area contributed by atoms with Crippen LogP contribution in [0.4, 0.5) is 21.9 Å². The van der Waals surface area contributed by atoms with Crippen LogP contribution in [0.15, 0.2) is 77.9 Å². The lowest BCUT2D eigenvalue weighted by Gasteiger charge is -2.09. The summed E-state index contributed by atoms with van der Waals surface area (Å²) in [6.07, 6.45) is 2.71. The minimum Gasteiger partial charge on any atom is -0.439 e. The van der Waals surface area contributed by atoms with E-state index in [1.54, 1.807) is 36.5 Å². The number of hydrogen-bond donors (Lipinski definition) is 3. The second kappa shape index (κ2) is 8.47. The smallest absolute Gasteiger partial charge is 0.323 e. The average molecular weight is 415 g/mol. The second-order valence-electron chi connectivity index (χ2n) is 8.21. The van der Waals surface area contributed by atoms with Gasteiger partial charge in [-0.1, -0.05) is 32.0 Å². The fourth-order valence-corrected chi connectivity index (χ4v) is 3.24. The van der Waals surface area contributed by atoms with Crippen LogP contribution in [0.5, 0.6) is 11.6 Å². The van der Waals surface area contributed by atoms with E-state index < -0.39 is 0 Å². The molecule has 31 heavy (non-hydrogen) atoms. The van der Waals surface area contributed by atoms with Crippen LogP contribution in [0.2, 0.25) is 0 Å². The minimum atomic E-state index is -0.313. The number of pyridine rings is 1. The molecule has 1 aliphatic rings. The molecule has 1 heterocycles. The van der Waals surface area contributed by atoms with E-state index in [1.165, 1.54) is 0 Å². The molecular formula is C24H25N5O2. The summed E-state index contributed by atoms with van der Waals surface area (Å²) in [5, 5.41) is 5.55. The number of ether oxygens (including phenoxy) is 1. The van der Waals surface area contributed by atoms with Crippen LogP contribution in [0.1, 0.15) is 20.3 Å². The van der Waals surface area contributed by atoms with Crippen molar-refractivity contribution in [2.75, 3.05) is 10.6 Å². The number of carbonyl (C=O) groups is 1. The fourth-order valence-electron chi connectivity index (χ4n) is 3.24. The number of benzene rings is 2. The number of nitrogens with one attached hydrogen (secondary N) is 2. The molecule has 1 aromatic heterocycles. The van der Waals surface area contributed by atoms with E-state index >= 15 is 0 Å². The van der Waals surface area contributed by atoms with Crippen LogP contribution in [0, 0.1) is 11.3 Å². The van der Waals surface area contributed by atoms with Gasteiger partial charge in [-0.15, -0.1) is 0 Å². The number of nitrogens with zero attached hydrogens (tertiary/aromatic N) is 2. The van der Waals surface area contributed by atoms with E-state index in [9.17, 15) is 4.79 Å². The summed E-state index contributed by atoms with van der Waals surface area (Å²) in [4.78, 5) is 20.8. The lowest BCUT2D eigenvalue weighted by atomic mass is 10.1. The van der Waals surface area contributed by atoms with E-state index in [2.05, 4.69) is 34.5 Å². The Morgan fingerprint density at radius 1 is 1.03 bits per heavy atom. The number of anilines is 2. The zero-order valence-electron chi connectivity index (χ0n) is 17.5. The molecule has 2 aromatic carbocycles. The maximum Gasteiger partial charge on any atom is 0.323 e. The standard InChI is InChI=1S/C24H25N5O2/c1-24(2)14-20(24)22(25)27-18-10-13-21(26-15-18)31-19-11-8-17(9-12-19)29-23(30)28-16-6-4-3-5-7-16/h3-13,15,20H,14H2,1-2H3,(H2,25,27)(H2,28,29,30). The highest BCUT2D eigenvalue weighted by molar-refractivity contribution is 5.99. The number of nitrogens with two attached hydrogens (primary N) is 1. The average Bonchev–Trinajstić information content (AvgIpc) is 3.40. The number of carbonyl (C=O) groups excluding carboxylic acids is 1. The lowest BCUT2D eigenvalue weighted by Crippen LogP contribution is -2.19. The van der Waals surface area contributed by atoms with Gasteiger partial charge in [-0.25, -0.2) is 14.8 Å². The van der Waals surface area contributed by atoms with E-state index in [1.807, 2.05) is 36.4 Å². The van der Waals surface area contributed by atoms with Gasteiger partial charge in [0.25, 0.3) is 0 Å². The molecule has 0 aliphatic heterocycles. The Morgan fingerprint density at radius 3 is 2.26 bits per heavy atom. The topological polar surface area (TPSA) is 102 Å². The molecule has 0 radical (unpaired) electrons. The third-order valence-corrected chi connectivity index (χ3v) is 5.22. The Bertz CT molecular complexity index is 1080. The maximum absolute atomic E-state index is 12.1. The summed E-state index contributed by atoms with van der Waals surface area (Å²) < 4.78 is 5.77. The molecule has 1 fully saturated rings. The number of urea groups is 1. The SMILES string of the molecule is CC1(C)CC1C(N)=Nc1ccc(Oc2ccc(NC(=O)Nc3ccccc3)cc2)nc1. The normalized spacial score (nSPS) is 17.0. The number of aliphatic imine (C=N–C) groups is 1. The van der Waals surface area contributed by atoms with Crippen LogP contribution in [-0.4, -0.2) is 16.9 Å². The van der Waals surface area contributed by atoms with E-state index in [-0.39, 0.29) is 11.4 Å². The molecule has 4 N–H and O–H groups in total. The lowest BCUT2D eigenvalue weighted by molar-refractivity contribution is 0.262. The first kappa shape index (κ1) is 20.4. The van der Waals surface area contributed by atoms with Gasteiger partial charge < -0.3 is 21.1 Å². The van der Waals surface area contributed by atoms with Crippen LogP contribution in [0.3, 0.4) is 0 Å². The molecule has 158 valence electrons. The number of amides is 2. The minimum absolute atomic E-state index is 0.243. The van der Waals surface area contributed by atoms with Crippen molar-refractivity contribution < 1.29 is 9.53 Å². The molecular weight excluding hydrogens is 390 g/mol. The van der Waals surface area contributed by atoms with Gasteiger partial charge in [0.2, 0.25) is 5.88 Å². The fraction of sp³-hybridized carbons (Fsp3) is 0.208.